The number of hydrogen-bond acceptors (Lipinski definition) is 0. The van der Waals surface area contributed by atoms with Gasteiger partial charge in [-0.15, -0.1) is 0 Å². The quantitative estimate of drug-likeness (QED) is 0.555. The van der Waals surface area contributed by atoms with Crippen LogP contribution in [-0.2, 0) is 0 Å². The minimum atomic E-state index is -1.70. The molecule has 0 heterocycles. The van der Waals surface area contributed by atoms with E-state index in [-0.39, 0.29) is 0 Å². The van der Waals surface area contributed by atoms with Gasteiger partial charge in [0.15, 0.2) is 0 Å². The van der Waals surface area contributed by atoms with Gasteiger partial charge < -0.3 is 0 Å². The van der Waals surface area contributed by atoms with Gasteiger partial charge in [-0.05, 0) is 24.8 Å². The maximum atomic E-state index is 2.49. The Kier molecular flexibility index (Phi) is 3.92. The normalized spacial score (nSPS) is 24.8. The fourth-order valence-electron chi connectivity index (χ4n) is 5.16. The maximum absolute atomic E-state index is 2.49. The van der Waals surface area contributed by atoms with E-state index >= 15 is 0 Å². The lowest BCUT2D eigenvalue weighted by molar-refractivity contribution is 0.493. The largest absolute Gasteiger partial charge is 0.140 e. The van der Waals surface area contributed by atoms with Crippen LogP contribution in [0.2, 0.25) is 5.54 Å². The van der Waals surface area contributed by atoms with Crippen molar-refractivity contribution < 1.29 is 0 Å². The SMILES string of the molecule is C1=CCC([Si](C2=CC=CC2)(C2=CC=CC2)C2CCCCC2)=C1. The van der Waals surface area contributed by atoms with Crippen LogP contribution in [0.5, 0.6) is 0 Å². The zero-order valence-electron chi connectivity index (χ0n) is 13.4. The predicted molar refractivity (Wildman–Crippen MR) is 98.1 cm³/mol. The summed E-state index contributed by atoms with van der Waals surface area (Å²) in [7, 11) is -1.70. The first-order chi connectivity index (χ1) is 10.9. The van der Waals surface area contributed by atoms with Gasteiger partial charge in [0.05, 0.1) is 0 Å². The summed E-state index contributed by atoms with van der Waals surface area (Å²) in [5.41, 5.74) is 0.935. The number of rotatable bonds is 4. The molecule has 0 radical (unpaired) electrons. The molecule has 4 aliphatic rings. The summed E-state index contributed by atoms with van der Waals surface area (Å²) < 4.78 is 0. The van der Waals surface area contributed by atoms with Crippen LogP contribution >= 0.6 is 0 Å². The summed E-state index contributed by atoms with van der Waals surface area (Å²) in [6.45, 7) is 0. The topological polar surface area (TPSA) is 0 Å². The number of allylic oxidation sites excluding steroid dienone is 12. The molecule has 0 aromatic carbocycles. The van der Waals surface area contributed by atoms with E-state index in [1.165, 1.54) is 51.4 Å². The van der Waals surface area contributed by atoms with Crippen LogP contribution in [0.15, 0.2) is 70.3 Å². The van der Waals surface area contributed by atoms with Crippen molar-refractivity contribution in [2.75, 3.05) is 0 Å². The fraction of sp³-hybridized carbons (Fsp3) is 0.429. The minimum absolute atomic E-state index is 0.935. The Bertz CT molecular complexity index is 544. The molecule has 1 saturated carbocycles. The monoisotopic (exact) mass is 306 g/mol. The van der Waals surface area contributed by atoms with Crippen LogP contribution in [0, 0.1) is 0 Å². The highest BCUT2D eigenvalue weighted by molar-refractivity contribution is 6.99. The van der Waals surface area contributed by atoms with Gasteiger partial charge in [-0.3, -0.25) is 0 Å². The van der Waals surface area contributed by atoms with Crippen molar-refractivity contribution in [1.82, 2.24) is 0 Å². The molecule has 22 heavy (non-hydrogen) atoms. The van der Waals surface area contributed by atoms with Crippen molar-refractivity contribution in [3.8, 4) is 0 Å². The van der Waals surface area contributed by atoms with Crippen LogP contribution in [-0.4, -0.2) is 8.07 Å². The predicted octanol–water partition coefficient (Wildman–Crippen LogP) is 6.05. The van der Waals surface area contributed by atoms with Gasteiger partial charge >= 0.3 is 0 Å². The zero-order valence-corrected chi connectivity index (χ0v) is 14.4. The molecule has 0 spiro atoms. The van der Waals surface area contributed by atoms with Crippen LogP contribution < -0.4 is 0 Å². The van der Waals surface area contributed by atoms with Gasteiger partial charge in [-0.1, -0.05) is 102 Å². The van der Waals surface area contributed by atoms with Gasteiger partial charge in [0, 0.05) is 0 Å². The second-order valence-corrected chi connectivity index (χ2v) is 11.5. The van der Waals surface area contributed by atoms with Crippen molar-refractivity contribution >= 4 is 8.07 Å². The summed E-state index contributed by atoms with van der Waals surface area (Å²) >= 11 is 0. The maximum Gasteiger partial charge on any atom is 0.140 e. The van der Waals surface area contributed by atoms with Gasteiger partial charge in [0.25, 0.3) is 0 Å². The molecule has 0 atom stereocenters. The van der Waals surface area contributed by atoms with Crippen LogP contribution in [0.3, 0.4) is 0 Å². The third-order valence-electron chi connectivity index (χ3n) is 6.05. The molecule has 0 aromatic heterocycles. The Balaban J connectivity index is 1.83. The number of hydrogen-bond donors (Lipinski definition) is 0. The first kappa shape index (κ1) is 14.3. The van der Waals surface area contributed by atoms with Gasteiger partial charge in [-0.25, -0.2) is 0 Å². The molecular weight excluding hydrogens is 280 g/mol. The molecule has 1 fully saturated rings. The average molecular weight is 307 g/mol. The summed E-state index contributed by atoms with van der Waals surface area (Å²) in [5.74, 6) is 0. The molecule has 0 nitrogen and oxygen atoms in total. The van der Waals surface area contributed by atoms with E-state index in [1.54, 1.807) is 15.6 Å². The molecule has 114 valence electrons. The highest BCUT2D eigenvalue weighted by Crippen LogP contribution is 2.52. The Hall–Kier alpha value is -1.34. The van der Waals surface area contributed by atoms with E-state index in [0.29, 0.717) is 0 Å². The first-order valence-electron chi connectivity index (χ1n) is 9.01. The smallest absolute Gasteiger partial charge is 0.0808 e. The molecule has 0 aromatic rings. The standard InChI is InChI=1S/C21H26Si/c1-2-10-18(11-3-1)22(19-12-4-5-13-19,20-14-6-7-15-20)21-16-8-9-17-21/h4-9,12,14,16,18H,1-3,10-11,13,15,17H2. The van der Waals surface area contributed by atoms with Crippen LogP contribution in [0.4, 0.5) is 0 Å². The second kappa shape index (κ2) is 6.04. The fourth-order valence-corrected chi connectivity index (χ4v) is 11.6. The molecule has 4 rings (SSSR count). The van der Waals surface area contributed by atoms with Crippen molar-refractivity contribution in [3.63, 3.8) is 0 Å². The van der Waals surface area contributed by atoms with Crippen LogP contribution in [0.25, 0.3) is 0 Å². The molecule has 0 amide bonds. The van der Waals surface area contributed by atoms with E-state index < -0.39 is 8.07 Å². The van der Waals surface area contributed by atoms with E-state index in [1.807, 2.05) is 0 Å². The first-order valence-corrected chi connectivity index (χ1v) is 11.1. The molecule has 0 bridgehead atoms. The molecule has 4 aliphatic carbocycles. The molecule has 0 aliphatic heterocycles. The summed E-state index contributed by atoms with van der Waals surface area (Å²) in [4.78, 5) is 0. The Morgan fingerprint density at radius 3 is 1.45 bits per heavy atom. The Labute approximate surface area is 135 Å². The van der Waals surface area contributed by atoms with Crippen molar-refractivity contribution in [3.05, 3.63) is 70.3 Å². The molecule has 0 N–H and O–H groups in total. The molecule has 0 saturated heterocycles. The molecule has 1 heteroatoms. The highest BCUT2D eigenvalue weighted by Gasteiger charge is 2.49. The Morgan fingerprint density at radius 1 is 0.636 bits per heavy atom. The second-order valence-electron chi connectivity index (χ2n) is 7.12. The van der Waals surface area contributed by atoms with E-state index in [0.717, 1.165) is 5.54 Å². The third kappa shape index (κ3) is 2.18. The van der Waals surface area contributed by atoms with Crippen molar-refractivity contribution in [2.24, 2.45) is 0 Å². The lowest BCUT2D eigenvalue weighted by Crippen LogP contribution is -2.47. The van der Waals surface area contributed by atoms with E-state index in [4.69, 9.17) is 0 Å². The van der Waals surface area contributed by atoms with Crippen LogP contribution in [0.1, 0.15) is 51.4 Å². The van der Waals surface area contributed by atoms with Gasteiger partial charge in [-0.2, -0.15) is 0 Å². The lowest BCUT2D eigenvalue weighted by atomic mass is 10.0. The van der Waals surface area contributed by atoms with Crippen molar-refractivity contribution in [1.29, 1.82) is 0 Å². The Morgan fingerprint density at radius 2 is 1.09 bits per heavy atom. The average Bonchev–Trinajstić information content (AvgIpc) is 3.34. The van der Waals surface area contributed by atoms with Crippen molar-refractivity contribution in [2.45, 2.75) is 56.9 Å². The highest BCUT2D eigenvalue weighted by atomic mass is 28.3. The van der Waals surface area contributed by atoms with Gasteiger partial charge in [0.2, 0.25) is 0 Å². The summed E-state index contributed by atoms with van der Waals surface area (Å²) in [5, 5.41) is 5.39. The summed E-state index contributed by atoms with van der Waals surface area (Å²) in [6, 6.07) is 0. The molecule has 0 unspecified atom stereocenters. The third-order valence-corrected chi connectivity index (χ3v) is 12.0. The zero-order chi connectivity index (χ0) is 14.8. The summed E-state index contributed by atoms with van der Waals surface area (Å²) in [6.07, 6.45) is 32.4. The van der Waals surface area contributed by atoms with E-state index in [2.05, 4.69) is 54.7 Å². The van der Waals surface area contributed by atoms with Gasteiger partial charge in [0.1, 0.15) is 8.07 Å². The van der Waals surface area contributed by atoms with E-state index in [9.17, 15) is 0 Å². The molecular formula is C21H26Si. The lowest BCUT2D eigenvalue weighted by Gasteiger charge is -2.45. The minimum Gasteiger partial charge on any atom is -0.0808 e.